The second-order valence-electron chi connectivity index (χ2n) is 10.5. The first-order valence-electron chi connectivity index (χ1n) is 12.0. The monoisotopic (exact) mass is 493 g/mol. The highest BCUT2D eigenvalue weighted by Gasteiger charge is 2.49. The summed E-state index contributed by atoms with van der Waals surface area (Å²) in [7, 11) is 1.43. The minimum atomic E-state index is -2.01. The van der Waals surface area contributed by atoms with E-state index in [4.69, 9.17) is 14.3 Å². The molecule has 1 spiro atoms. The Morgan fingerprint density at radius 3 is 2.29 bits per heavy atom. The van der Waals surface area contributed by atoms with Gasteiger partial charge in [0, 0.05) is 63.8 Å². The third kappa shape index (κ3) is 5.36. The van der Waals surface area contributed by atoms with Crippen LogP contribution in [0.3, 0.4) is 0 Å². The Morgan fingerprint density at radius 2 is 1.69 bits per heavy atom. The fourth-order valence-electron chi connectivity index (χ4n) is 4.94. The Balaban J connectivity index is 1.38. The number of nitrogens with zero attached hydrogens (tertiary/aromatic N) is 3. The van der Waals surface area contributed by atoms with Gasteiger partial charge in [0.15, 0.2) is 5.67 Å². The van der Waals surface area contributed by atoms with Crippen molar-refractivity contribution in [3.63, 3.8) is 0 Å². The van der Waals surface area contributed by atoms with Crippen molar-refractivity contribution in [3.8, 4) is 5.75 Å². The standard InChI is InChI=1S/C25H33F2N3O5/c1-23(2,3)35-22(32)30-13-9-25(27,10-14-30)21(31)29-11-7-24(8-12-29)16-19(28-33-4)18-15-17(26)5-6-20(18)34-24/h5-6,15H,7-14,16H2,1-4H3/b28-19+. The van der Waals surface area contributed by atoms with E-state index in [1.807, 2.05) is 0 Å². The number of hydrogen-bond acceptors (Lipinski definition) is 6. The predicted octanol–water partition coefficient (Wildman–Crippen LogP) is 4.06. The van der Waals surface area contributed by atoms with Crippen LogP contribution in [0.5, 0.6) is 5.75 Å². The number of piperidine rings is 2. The number of alkyl halides is 1. The maximum absolute atomic E-state index is 15.7. The summed E-state index contributed by atoms with van der Waals surface area (Å²) >= 11 is 0. The Morgan fingerprint density at radius 1 is 1.06 bits per heavy atom. The molecular weight excluding hydrogens is 460 g/mol. The fourth-order valence-corrected chi connectivity index (χ4v) is 4.94. The minimum Gasteiger partial charge on any atom is -0.486 e. The highest BCUT2D eigenvalue weighted by molar-refractivity contribution is 6.04. The Hall–Kier alpha value is -2.91. The van der Waals surface area contributed by atoms with Crippen LogP contribution in [0.4, 0.5) is 13.6 Å². The largest absolute Gasteiger partial charge is 0.486 e. The summed E-state index contributed by atoms with van der Waals surface area (Å²) in [6.07, 6.45) is 0.761. The Bertz CT molecular complexity index is 1010. The van der Waals surface area contributed by atoms with E-state index in [9.17, 15) is 14.0 Å². The Labute approximate surface area is 204 Å². The van der Waals surface area contributed by atoms with Gasteiger partial charge < -0.3 is 24.1 Å². The summed E-state index contributed by atoms with van der Waals surface area (Å²) in [5.41, 5.74) is -2.13. The topological polar surface area (TPSA) is 80.7 Å². The van der Waals surface area contributed by atoms with Crippen LogP contribution < -0.4 is 4.74 Å². The molecule has 3 heterocycles. The van der Waals surface area contributed by atoms with E-state index < -0.39 is 34.7 Å². The van der Waals surface area contributed by atoms with Gasteiger partial charge >= 0.3 is 6.09 Å². The number of hydrogen-bond donors (Lipinski definition) is 0. The maximum atomic E-state index is 15.7. The quantitative estimate of drug-likeness (QED) is 0.581. The van der Waals surface area contributed by atoms with Crippen molar-refractivity contribution in [1.29, 1.82) is 0 Å². The SMILES string of the molecule is CO/N=C1\CC2(CCN(C(=O)C3(F)CCN(C(=O)OC(C)(C)C)CC3)CC2)Oc2ccc(F)cc21. The van der Waals surface area contributed by atoms with Crippen LogP contribution in [0.15, 0.2) is 23.4 Å². The van der Waals surface area contributed by atoms with E-state index in [0.717, 1.165) is 0 Å². The van der Waals surface area contributed by atoms with Crippen molar-refractivity contribution in [2.24, 2.45) is 5.16 Å². The lowest BCUT2D eigenvalue weighted by Gasteiger charge is -2.46. The normalized spacial score (nSPS) is 22.4. The van der Waals surface area contributed by atoms with Gasteiger partial charge in [0.1, 0.15) is 29.9 Å². The van der Waals surface area contributed by atoms with Gasteiger partial charge in [0.05, 0.1) is 5.71 Å². The number of ether oxygens (including phenoxy) is 2. The molecule has 3 aliphatic heterocycles. The minimum absolute atomic E-state index is 0.0627. The van der Waals surface area contributed by atoms with Crippen molar-refractivity contribution in [3.05, 3.63) is 29.6 Å². The van der Waals surface area contributed by atoms with E-state index in [0.29, 0.717) is 49.4 Å². The van der Waals surface area contributed by atoms with E-state index in [-0.39, 0.29) is 25.9 Å². The molecule has 0 aromatic heterocycles. The highest BCUT2D eigenvalue weighted by Crippen LogP contribution is 2.41. The number of carbonyl (C=O) groups excluding carboxylic acids is 2. The molecule has 1 aromatic carbocycles. The molecule has 10 heteroatoms. The van der Waals surface area contributed by atoms with Crippen LogP contribution in [0.25, 0.3) is 0 Å². The molecule has 4 rings (SSSR count). The van der Waals surface area contributed by atoms with Crippen LogP contribution in [0.1, 0.15) is 58.4 Å². The summed E-state index contributed by atoms with van der Waals surface area (Å²) in [6.45, 7) is 6.24. The molecule has 1 aromatic rings. The average molecular weight is 494 g/mol. The van der Waals surface area contributed by atoms with Gasteiger partial charge in [-0.15, -0.1) is 0 Å². The van der Waals surface area contributed by atoms with Crippen molar-refractivity contribution in [2.45, 2.75) is 69.7 Å². The van der Waals surface area contributed by atoms with Gasteiger partial charge in [-0.2, -0.15) is 0 Å². The summed E-state index contributed by atoms with van der Waals surface area (Å²) in [6, 6.07) is 4.27. The first-order chi connectivity index (χ1) is 16.4. The number of oxime groups is 1. The van der Waals surface area contributed by atoms with E-state index in [1.54, 1.807) is 31.7 Å². The molecular formula is C25H33F2N3O5. The number of carbonyl (C=O) groups is 2. The predicted molar refractivity (Wildman–Crippen MR) is 125 cm³/mol. The third-order valence-corrected chi connectivity index (χ3v) is 6.82. The molecule has 2 fully saturated rings. The zero-order chi connectivity index (χ0) is 25.4. The maximum Gasteiger partial charge on any atom is 0.410 e. The van der Waals surface area contributed by atoms with E-state index in [1.165, 1.54) is 24.1 Å². The third-order valence-electron chi connectivity index (χ3n) is 6.82. The zero-order valence-corrected chi connectivity index (χ0v) is 20.7. The Kier molecular flexibility index (Phi) is 6.68. The molecule has 0 aliphatic carbocycles. The molecule has 0 N–H and O–H groups in total. The number of fused-ring (bicyclic) bond motifs is 1. The molecule has 3 aliphatic rings. The molecule has 0 radical (unpaired) electrons. The molecule has 0 atom stereocenters. The second-order valence-corrected chi connectivity index (χ2v) is 10.5. The van der Waals surface area contributed by atoms with Crippen LogP contribution >= 0.6 is 0 Å². The van der Waals surface area contributed by atoms with Crippen LogP contribution in [-0.2, 0) is 14.4 Å². The lowest BCUT2D eigenvalue weighted by atomic mass is 9.81. The summed E-state index contributed by atoms with van der Waals surface area (Å²) in [5, 5.41) is 4.08. The van der Waals surface area contributed by atoms with Gasteiger partial charge in [0.25, 0.3) is 5.91 Å². The first kappa shape index (κ1) is 25.2. The molecule has 0 unspecified atom stereocenters. The summed E-state index contributed by atoms with van der Waals surface area (Å²) in [5.74, 6) is -0.413. The molecule has 192 valence electrons. The van der Waals surface area contributed by atoms with Crippen molar-refractivity contribution >= 4 is 17.7 Å². The average Bonchev–Trinajstić information content (AvgIpc) is 2.79. The summed E-state index contributed by atoms with van der Waals surface area (Å²) < 4.78 is 41.1. The lowest BCUT2D eigenvalue weighted by Crippen LogP contribution is -2.58. The van der Waals surface area contributed by atoms with Gasteiger partial charge in [0.2, 0.25) is 0 Å². The second kappa shape index (κ2) is 9.28. The summed E-state index contributed by atoms with van der Waals surface area (Å²) in [4.78, 5) is 33.4. The van der Waals surface area contributed by atoms with Crippen LogP contribution in [-0.4, -0.2) is 77.7 Å². The lowest BCUT2D eigenvalue weighted by molar-refractivity contribution is -0.150. The zero-order valence-electron chi connectivity index (χ0n) is 20.7. The molecule has 2 saturated heterocycles. The van der Waals surface area contributed by atoms with Crippen molar-refractivity contribution in [2.75, 3.05) is 33.3 Å². The van der Waals surface area contributed by atoms with Gasteiger partial charge in [-0.25, -0.2) is 13.6 Å². The first-order valence-corrected chi connectivity index (χ1v) is 12.0. The smallest absolute Gasteiger partial charge is 0.410 e. The molecule has 8 nitrogen and oxygen atoms in total. The molecule has 35 heavy (non-hydrogen) atoms. The van der Waals surface area contributed by atoms with Gasteiger partial charge in [-0.1, -0.05) is 5.16 Å². The van der Waals surface area contributed by atoms with Crippen molar-refractivity contribution < 1.29 is 32.7 Å². The molecule has 2 amide bonds. The van der Waals surface area contributed by atoms with Gasteiger partial charge in [-0.05, 0) is 39.0 Å². The van der Waals surface area contributed by atoms with Crippen LogP contribution in [0, 0.1) is 5.82 Å². The van der Waals surface area contributed by atoms with E-state index >= 15 is 4.39 Å². The van der Waals surface area contributed by atoms with E-state index in [2.05, 4.69) is 5.16 Å². The number of rotatable bonds is 2. The fraction of sp³-hybridized carbons (Fsp3) is 0.640. The molecule has 0 saturated carbocycles. The number of halogens is 2. The highest BCUT2D eigenvalue weighted by atomic mass is 19.1. The number of likely N-dealkylation sites (tertiary alicyclic amines) is 2. The number of amides is 2. The number of benzene rings is 1. The van der Waals surface area contributed by atoms with Crippen molar-refractivity contribution in [1.82, 2.24) is 9.80 Å². The van der Waals surface area contributed by atoms with Gasteiger partial charge in [-0.3, -0.25) is 4.79 Å². The molecule has 0 bridgehead atoms. The van der Waals surface area contributed by atoms with Crippen LogP contribution in [0.2, 0.25) is 0 Å².